The van der Waals surface area contributed by atoms with Gasteiger partial charge < -0.3 is 9.32 Å². The van der Waals surface area contributed by atoms with Gasteiger partial charge in [0.05, 0.1) is 0 Å². The zero-order valence-electron chi connectivity index (χ0n) is 10.2. The number of nitrogens with one attached hydrogen (secondary N) is 1. The summed E-state index contributed by atoms with van der Waals surface area (Å²) in [5, 5.41) is 0. The van der Waals surface area contributed by atoms with Gasteiger partial charge in [0.25, 0.3) is 5.91 Å². The number of rotatable bonds is 2. The van der Waals surface area contributed by atoms with Gasteiger partial charge in [0.1, 0.15) is 6.26 Å². The number of hydrazine groups is 1. The van der Waals surface area contributed by atoms with Crippen molar-refractivity contribution in [2.24, 2.45) is 11.8 Å². The van der Waals surface area contributed by atoms with E-state index in [2.05, 4.69) is 10.4 Å². The maximum atomic E-state index is 12.0. The molecule has 0 saturated carbocycles. The van der Waals surface area contributed by atoms with E-state index in [9.17, 15) is 9.59 Å². The zero-order chi connectivity index (χ0) is 13.1. The second kappa shape index (κ2) is 5.18. The number of carbonyl (C=O) groups is 2. The number of nitrogens with zero attached hydrogens (tertiary/aromatic N) is 2. The van der Waals surface area contributed by atoms with Gasteiger partial charge in [-0.15, -0.1) is 0 Å². The molecular weight excluding hydrogens is 236 g/mol. The van der Waals surface area contributed by atoms with E-state index >= 15 is 0 Å². The summed E-state index contributed by atoms with van der Waals surface area (Å²) >= 11 is 0. The molecule has 0 atom stereocenters. The number of nitrogens with two attached hydrogens (primary N) is 1. The monoisotopic (exact) mass is 252 g/mol. The second-order valence-corrected chi connectivity index (χ2v) is 4.33. The minimum absolute atomic E-state index is 0.113. The molecule has 1 aliphatic rings. The van der Waals surface area contributed by atoms with Crippen LogP contribution in [0.2, 0.25) is 0 Å². The maximum absolute atomic E-state index is 12.0. The first-order chi connectivity index (χ1) is 8.61. The van der Waals surface area contributed by atoms with Gasteiger partial charge in [-0.05, 0) is 12.8 Å². The van der Waals surface area contributed by atoms with E-state index in [1.54, 1.807) is 11.8 Å². The molecule has 3 N–H and O–H groups in total. The van der Waals surface area contributed by atoms with Gasteiger partial charge in [0.15, 0.2) is 11.6 Å². The third kappa shape index (κ3) is 2.51. The van der Waals surface area contributed by atoms with Gasteiger partial charge in [0, 0.05) is 25.9 Å². The Kier molecular flexibility index (Phi) is 3.61. The van der Waals surface area contributed by atoms with Crippen molar-refractivity contribution in [3.8, 4) is 0 Å². The molecule has 0 unspecified atom stereocenters. The summed E-state index contributed by atoms with van der Waals surface area (Å²) in [5.74, 6) is 5.12. The normalized spacial score (nSPS) is 16.7. The highest BCUT2D eigenvalue weighted by Crippen LogP contribution is 2.18. The minimum Gasteiger partial charge on any atom is -0.448 e. The number of aromatic nitrogens is 1. The number of hydrogen-bond acceptors (Lipinski definition) is 5. The van der Waals surface area contributed by atoms with Gasteiger partial charge >= 0.3 is 0 Å². The van der Waals surface area contributed by atoms with Crippen molar-refractivity contribution in [2.75, 3.05) is 13.1 Å². The fourth-order valence-corrected chi connectivity index (χ4v) is 2.09. The van der Waals surface area contributed by atoms with Crippen molar-refractivity contribution in [3.63, 3.8) is 0 Å². The van der Waals surface area contributed by atoms with Crippen molar-refractivity contribution in [3.05, 3.63) is 17.8 Å². The lowest BCUT2D eigenvalue weighted by molar-refractivity contribution is -0.126. The summed E-state index contributed by atoms with van der Waals surface area (Å²) < 4.78 is 5.01. The molecule has 0 bridgehead atoms. The van der Waals surface area contributed by atoms with E-state index in [-0.39, 0.29) is 17.7 Å². The quantitative estimate of drug-likeness (QED) is 0.432. The molecule has 0 aliphatic carbocycles. The summed E-state index contributed by atoms with van der Waals surface area (Å²) in [6.07, 6.45) is 2.59. The molecule has 7 heteroatoms. The molecule has 0 spiro atoms. The van der Waals surface area contributed by atoms with Crippen LogP contribution in [0.4, 0.5) is 0 Å². The van der Waals surface area contributed by atoms with Crippen LogP contribution in [0.1, 0.15) is 29.2 Å². The Morgan fingerprint density at radius 1 is 1.50 bits per heavy atom. The molecule has 0 aromatic carbocycles. The number of oxazole rings is 1. The van der Waals surface area contributed by atoms with E-state index in [1.165, 1.54) is 6.26 Å². The number of aryl methyl sites for hydroxylation is 1. The van der Waals surface area contributed by atoms with Crippen molar-refractivity contribution in [2.45, 2.75) is 19.8 Å². The van der Waals surface area contributed by atoms with Crippen molar-refractivity contribution < 1.29 is 14.0 Å². The summed E-state index contributed by atoms with van der Waals surface area (Å²) in [7, 11) is 0. The van der Waals surface area contributed by atoms with Crippen LogP contribution in [-0.4, -0.2) is 34.8 Å². The lowest BCUT2D eigenvalue weighted by Gasteiger charge is -2.30. The van der Waals surface area contributed by atoms with Gasteiger partial charge in [-0.1, -0.05) is 0 Å². The minimum atomic E-state index is -0.167. The second-order valence-electron chi connectivity index (χ2n) is 4.33. The average Bonchev–Trinajstić information content (AvgIpc) is 2.84. The van der Waals surface area contributed by atoms with Crippen LogP contribution >= 0.6 is 0 Å². The molecule has 1 aromatic heterocycles. The fourth-order valence-electron chi connectivity index (χ4n) is 2.09. The zero-order valence-corrected chi connectivity index (χ0v) is 10.2. The Morgan fingerprint density at radius 3 is 2.67 bits per heavy atom. The average molecular weight is 252 g/mol. The summed E-state index contributed by atoms with van der Waals surface area (Å²) in [4.78, 5) is 29.1. The lowest BCUT2D eigenvalue weighted by atomic mass is 9.96. The topological polar surface area (TPSA) is 101 Å². The molecular formula is C11H16N4O3. The third-order valence-corrected chi connectivity index (χ3v) is 3.13. The molecule has 98 valence electrons. The fraction of sp³-hybridized carbons (Fsp3) is 0.545. The highest BCUT2D eigenvalue weighted by atomic mass is 16.3. The Hall–Kier alpha value is -1.89. The Labute approximate surface area is 104 Å². The van der Waals surface area contributed by atoms with Gasteiger partial charge in [-0.3, -0.25) is 15.0 Å². The molecule has 18 heavy (non-hydrogen) atoms. The molecule has 1 saturated heterocycles. The standard InChI is InChI=1S/C11H16N4O3/c1-7-13-9(6-18-7)11(17)15-4-2-8(3-5-15)10(16)14-12/h6,8H,2-5,12H2,1H3,(H,14,16). The van der Waals surface area contributed by atoms with E-state index in [0.29, 0.717) is 37.5 Å². The van der Waals surface area contributed by atoms with Crippen LogP contribution < -0.4 is 11.3 Å². The van der Waals surface area contributed by atoms with E-state index in [4.69, 9.17) is 10.3 Å². The molecule has 1 aliphatic heterocycles. The number of likely N-dealkylation sites (tertiary alicyclic amines) is 1. The van der Waals surface area contributed by atoms with Crippen LogP contribution in [0, 0.1) is 12.8 Å². The summed E-state index contributed by atoms with van der Waals surface area (Å²) in [6, 6.07) is 0. The SMILES string of the molecule is Cc1nc(C(=O)N2CCC(C(=O)NN)CC2)co1. The van der Waals surface area contributed by atoms with Crippen LogP contribution in [0.15, 0.2) is 10.7 Å². The van der Waals surface area contributed by atoms with Gasteiger partial charge in [-0.25, -0.2) is 10.8 Å². The Balaban J connectivity index is 1.94. The largest absolute Gasteiger partial charge is 0.448 e. The summed E-state index contributed by atoms with van der Waals surface area (Å²) in [5.41, 5.74) is 2.46. The molecule has 1 fully saturated rings. The van der Waals surface area contributed by atoms with Crippen molar-refractivity contribution in [1.82, 2.24) is 15.3 Å². The smallest absolute Gasteiger partial charge is 0.275 e. The van der Waals surface area contributed by atoms with Crippen molar-refractivity contribution in [1.29, 1.82) is 0 Å². The molecule has 7 nitrogen and oxygen atoms in total. The highest BCUT2D eigenvalue weighted by molar-refractivity contribution is 5.92. The molecule has 2 rings (SSSR count). The van der Waals surface area contributed by atoms with Gasteiger partial charge in [-0.2, -0.15) is 0 Å². The highest BCUT2D eigenvalue weighted by Gasteiger charge is 2.28. The predicted octanol–water partition coefficient (Wildman–Crippen LogP) is -0.175. The lowest BCUT2D eigenvalue weighted by Crippen LogP contribution is -2.44. The number of carbonyl (C=O) groups excluding carboxylic acids is 2. The Bertz CT molecular complexity index is 449. The molecule has 0 radical (unpaired) electrons. The van der Waals surface area contributed by atoms with Crippen LogP contribution in [-0.2, 0) is 4.79 Å². The predicted molar refractivity (Wildman–Crippen MR) is 62.2 cm³/mol. The van der Waals surface area contributed by atoms with Gasteiger partial charge in [0.2, 0.25) is 5.91 Å². The maximum Gasteiger partial charge on any atom is 0.275 e. The number of hydrogen-bond donors (Lipinski definition) is 2. The first kappa shape index (κ1) is 12.6. The third-order valence-electron chi connectivity index (χ3n) is 3.13. The molecule has 2 heterocycles. The number of piperidine rings is 1. The van der Waals surface area contributed by atoms with Crippen molar-refractivity contribution >= 4 is 11.8 Å². The first-order valence-electron chi connectivity index (χ1n) is 5.83. The first-order valence-corrected chi connectivity index (χ1v) is 5.83. The van der Waals surface area contributed by atoms with Crippen LogP contribution in [0.3, 0.4) is 0 Å². The molecule has 1 aromatic rings. The van der Waals surface area contributed by atoms with E-state index in [1.807, 2.05) is 0 Å². The van der Waals surface area contributed by atoms with E-state index in [0.717, 1.165) is 0 Å². The van der Waals surface area contributed by atoms with Crippen LogP contribution in [0.25, 0.3) is 0 Å². The van der Waals surface area contributed by atoms with Crippen LogP contribution in [0.5, 0.6) is 0 Å². The Morgan fingerprint density at radius 2 is 2.17 bits per heavy atom. The summed E-state index contributed by atoms with van der Waals surface area (Å²) in [6.45, 7) is 2.75. The van der Waals surface area contributed by atoms with E-state index < -0.39 is 0 Å². The molecule has 2 amide bonds. The number of amides is 2.